The van der Waals surface area contributed by atoms with Gasteiger partial charge in [0.1, 0.15) is 5.82 Å². The van der Waals surface area contributed by atoms with Crippen LogP contribution in [0.4, 0.5) is 10.1 Å². The zero-order valence-corrected chi connectivity index (χ0v) is 10.0. The first-order valence-corrected chi connectivity index (χ1v) is 6.10. The molecule has 1 fully saturated rings. The molecule has 1 aliphatic carbocycles. The first-order valence-electron chi connectivity index (χ1n) is 6.10. The predicted molar refractivity (Wildman–Crippen MR) is 66.8 cm³/mol. The van der Waals surface area contributed by atoms with Crippen LogP contribution in [-0.4, -0.2) is 23.2 Å². The van der Waals surface area contributed by atoms with Crippen LogP contribution in [0.25, 0.3) is 0 Å². The molecule has 1 amide bonds. The van der Waals surface area contributed by atoms with E-state index < -0.39 is 11.7 Å². The lowest BCUT2D eigenvalue weighted by Crippen LogP contribution is -2.28. The molecule has 1 aromatic rings. The molecule has 2 rings (SSSR count). The number of aliphatic hydroxyl groups excluding tert-OH is 1. The minimum atomic E-state index is -0.572. The van der Waals surface area contributed by atoms with Gasteiger partial charge in [0.2, 0.25) is 5.91 Å². The summed E-state index contributed by atoms with van der Waals surface area (Å²) in [5.41, 5.74) is 5.75. The Bertz CT molecular complexity index is 443. The molecule has 0 saturated heterocycles. The Hall–Kier alpha value is -1.62. The third-order valence-electron chi connectivity index (χ3n) is 3.31. The Morgan fingerprint density at radius 3 is 2.61 bits per heavy atom. The Balaban J connectivity index is 2.08. The van der Waals surface area contributed by atoms with E-state index >= 15 is 0 Å². The summed E-state index contributed by atoms with van der Waals surface area (Å²) >= 11 is 0. The standard InChI is InChI=1S/C13H17FN2O2/c14-11-6-1-8(13(15)18)7-12(11)16-9-2-4-10(17)5-3-9/h1,6-7,9-10,16-17H,2-5H2,(H2,15,18). The first-order chi connectivity index (χ1) is 8.56. The second-order valence-corrected chi connectivity index (χ2v) is 4.71. The number of anilines is 1. The fourth-order valence-electron chi connectivity index (χ4n) is 2.23. The Morgan fingerprint density at radius 1 is 1.33 bits per heavy atom. The zero-order valence-electron chi connectivity index (χ0n) is 10.0. The van der Waals surface area contributed by atoms with E-state index in [2.05, 4.69) is 5.32 Å². The van der Waals surface area contributed by atoms with Gasteiger partial charge in [-0.25, -0.2) is 4.39 Å². The van der Waals surface area contributed by atoms with Crippen LogP contribution in [0.5, 0.6) is 0 Å². The summed E-state index contributed by atoms with van der Waals surface area (Å²) in [5.74, 6) is -0.969. The number of carbonyl (C=O) groups is 1. The van der Waals surface area contributed by atoms with Crippen molar-refractivity contribution in [2.45, 2.75) is 37.8 Å². The van der Waals surface area contributed by atoms with Crippen LogP contribution in [0.15, 0.2) is 18.2 Å². The second kappa shape index (κ2) is 5.35. The second-order valence-electron chi connectivity index (χ2n) is 4.71. The van der Waals surface area contributed by atoms with Gasteiger partial charge in [0.15, 0.2) is 0 Å². The lowest BCUT2D eigenvalue weighted by Gasteiger charge is -2.27. The van der Waals surface area contributed by atoms with E-state index in [1.54, 1.807) is 0 Å². The Morgan fingerprint density at radius 2 is 2.00 bits per heavy atom. The first kappa shape index (κ1) is 12.8. The molecule has 0 aliphatic heterocycles. The summed E-state index contributed by atoms with van der Waals surface area (Å²) in [5, 5.41) is 12.5. The van der Waals surface area contributed by atoms with E-state index in [4.69, 9.17) is 5.73 Å². The van der Waals surface area contributed by atoms with Crippen molar-refractivity contribution in [1.82, 2.24) is 0 Å². The van der Waals surface area contributed by atoms with Crippen molar-refractivity contribution in [3.8, 4) is 0 Å². The van der Waals surface area contributed by atoms with Gasteiger partial charge in [0, 0.05) is 11.6 Å². The zero-order chi connectivity index (χ0) is 13.1. The number of hydrogen-bond acceptors (Lipinski definition) is 3. The molecule has 0 atom stereocenters. The summed E-state index contributed by atoms with van der Waals surface area (Å²) in [4.78, 5) is 11.0. The number of halogens is 1. The number of rotatable bonds is 3. The molecular weight excluding hydrogens is 235 g/mol. The molecule has 0 unspecified atom stereocenters. The number of nitrogens with two attached hydrogens (primary N) is 1. The average molecular weight is 252 g/mol. The summed E-state index contributed by atoms with van der Waals surface area (Å²) in [6, 6.07) is 4.17. The number of carbonyl (C=O) groups excluding carboxylic acids is 1. The van der Waals surface area contributed by atoms with Crippen molar-refractivity contribution < 1.29 is 14.3 Å². The normalized spacial score (nSPS) is 23.7. The highest BCUT2D eigenvalue weighted by molar-refractivity contribution is 5.93. The van der Waals surface area contributed by atoms with E-state index in [9.17, 15) is 14.3 Å². The molecule has 4 nitrogen and oxygen atoms in total. The maximum absolute atomic E-state index is 13.6. The maximum atomic E-state index is 13.6. The van der Waals surface area contributed by atoms with E-state index in [1.165, 1.54) is 18.2 Å². The van der Waals surface area contributed by atoms with Crippen LogP contribution in [-0.2, 0) is 0 Å². The van der Waals surface area contributed by atoms with Crippen LogP contribution >= 0.6 is 0 Å². The molecule has 0 heterocycles. The summed E-state index contributed by atoms with van der Waals surface area (Å²) in [6.07, 6.45) is 2.77. The molecule has 0 radical (unpaired) electrons. The van der Waals surface area contributed by atoms with Crippen molar-refractivity contribution in [1.29, 1.82) is 0 Å². The number of aliphatic hydroxyl groups is 1. The minimum absolute atomic E-state index is 0.131. The van der Waals surface area contributed by atoms with Crippen molar-refractivity contribution in [3.63, 3.8) is 0 Å². The average Bonchev–Trinajstić information content (AvgIpc) is 2.34. The van der Waals surface area contributed by atoms with Gasteiger partial charge in [-0.15, -0.1) is 0 Å². The van der Waals surface area contributed by atoms with Gasteiger partial charge < -0.3 is 16.2 Å². The quantitative estimate of drug-likeness (QED) is 0.765. The van der Waals surface area contributed by atoms with Crippen molar-refractivity contribution >= 4 is 11.6 Å². The lowest BCUT2D eigenvalue weighted by molar-refractivity contribution is 0.100. The fraction of sp³-hybridized carbons (Fsp3) is 0.462. The van der Waals surface area contributed by atoms with Crippen molar-refractivity contribution in [2.24, 2.45) is 5.73 Å². The third-order valence-corrected chi connectivity index (χ3v) is 3.31. The molecule has 18 heavy (non-hydrogen) atoms. The molecule has 1 saturated carbocycles. The molecule has 0 bridgehead atoms. The number of benzene rings is 1. The van der Waals surface area contributed by atoms with Gasteiger partial charge in [-0.2, -0.15) is 0 Å². The van der Waals surface area contributed by atoms with Gasteiger partial charge in [-0.1, -0.05) is 0 Å². The maximum Gasteiger partial charge on any atom is 0.248 e. The summed E-state index contributed by atoms with van der Waals surface area (Å²) in [6.45, 7) is 0. The minimum Gasteiger partial charge on any atom is -0.393 e. The van der Waals surface area contributed by atoms with Gasteiger partial charge in [-0.3, -0.25) is 4.79 Å². The Kier molecular flexibility index (Phi) is 3.81. The van der Waals surface area contributed by atoms with Crippen LogP contribution in [0.3, 0.4) is 0 Å². The number of amides is 1. The number of hydrogen-bond donors (Lipinski definition) is 3. The van der Waals surface area contributed by atoms with Gasteiger partial charge in [0.05, 0.1) is 11.8 Å². The number of primary amides is 1. The van der Waals surface area contributed by atoms with Crippen LogP contribution in [0, 0.1) is 5.82 Å². The highest BCUT2D eigenvalue weighted by atomic mass is 19.1. The molecule has 0 spiro atoms. The van der Waals surface area contributed by atoms with Gasteiger partial charge in [0.25, 0.3) is 0 Å². The highest BCUT2D eigenvalue weighted by Crippen LogP contribution is 2.24. The third kappa shape index (κ3) is 2.98. The smallest absolute Gasteiger partial charge is 0.248 e. The van der Waals surface area contributed by atoms with Crippen LogP contribution in [0.2, 0.25) is 0 Å². The van der Waals surface area contributed by atoms with E-state index in [1.807, 2.05) is 0 Å². The topological polar surface area (TPSA) is 75.4 Å². The fourth-order valence-corrected chi connectivity index (χ4v) is 2.23. The number of nitrogens with one attached hydrogen (secondary N) is 1. The predicted octanol–water partition coefficient (Wildman–Crippen LogP) is 1.64. The van der Waals surface area contributed by atoms with Crippen LogP contribution in [0.1, 0.15) is 36.0 Å². The van der Waals surface area contributed by atoms with Gasteiger partial charge in [-0.05, 0) is 43.9 Å². The highest BCUT2D eigenvalue weighted by Gasteiger charge is 2.20. The van der Waals surface area contributed by atoms with E-state index in [-0.39, 0.29) is 17.7 Å². The molecular formula is C13H17FN2O2. The van der Waals surface area contributed by atoms with E-state index in [0.717, 1.165) is 25.7 Å². The monoisotopic (exact) mass is 252 g/mol. The largest absolute Gasteiger partial charge is 0.393 e. The lowest BCUT2D eigenvalue weighted by atomic mass is 9.93. The van der Waals surface area contributed by atoms with E-state index in [0.29, 0.717) is 5.69 Å². The Labute approximate surface area is 105 Å². The van der Waals surface area contributed by atoms with Crippen molar-refractivity contribution in [2.75, 3.05) is 5.32 Å². The molecule has 1 aromatic carbocycles. The summed E-state index contributed by atoms with van der Waals surface area (Å²) in [7, 11) is 0. The molecule has 98 valence electrons. The molecule has 5 heteroatoms. The van der Waals surface area contributed by atoms with Gasteiger partial charge >= 0.3 is 0 Å². The molecule has 0 aromatic heterocycles. The SMILES string of the molecule is NC(=O)c1ccc(F)c(NC2CCC(O)CC2)c1. The van der Waals surface area contributed by atoms with Crippen LogP contribution < -0.4 is 11.1 Å². The summed E-state index contributed by atoms with van der Waals surface area (Å²) < 4.78 is 13.6. The molecule has 4 N–H and O–H groups in total. The molecule has 1 aliphatic rings. The van der Waals surface area contributed by atoms with Crippen molar-refractivity contribution in [3.05, 3.63) is 29.6 Å².